The third-order valence-electron chi connectivity index (χ3n) is 4.13. The Labute approximate surface area is 127 Å². The highest BCUT2D eigenvalue weighted by atomic mass is 16.5. The fraction of sp³-hybridized carbons (Fsp3) is 0.588. The number of benzene rings is 1. The maximum absolute atomic E-state index is 5.99. The fourth-order valence-corrected chi connectivity index (χ4v) is 2.41. The van der Waals surface area contributed by atoms with Gasteiger partial charge in [0.2, 0.25) is 0 Å². The molecule has 1 aliphatic rings. The molecule has 0 atom stereocenters. The molecule has 0 bridgehead atoms. The standard InChI is InChI=1S/C17H27N3O/c1-3-14-6-5-7-15(12-14)20-16(18)19-13-17(8-9-17)10-11-21-4-2/h5-7,12H,3-4,8-11,13H2,1-2H3,(H3,18,19,20). The summed E-state index contributed by atoms with van der Waals surface area (Å²) in [6.45, 7) is 6.59. The SMILES string of the molecule is CCOCCC1(CN=C(N)Nc2cccc(CC)c2)CC1. The van der Waals surface area contributed by atoms with E-state index in [0.29, 0.717) is 11.4 Å². The lowest BCUT2D eigenvalue weighted by molar-refractivity contribution is 0.129. The molecule has 0 radical (unpaired) electrons. The van der Waals surface area contributed by atoms with Gasteiger partial charge in [-0.1, -0.05) is 19.1 Å². The second-order valence-corrected chi connectivity index (χ2v) is 5.83. The van der Waals surface area contributed by atoms with E-state index in [0.717, 1.165) is 38.3 Å². The number of aryl methyl sites for hydroxylation is 1. The summed E-state index contributed by atoms with van der Waals surface area (Å²) < 4.78 is 5.44. The zero-order valence-electron chi connectivity index (χ0n) is 13.2. The smallest absolute Gasteiger partial charge is 0.193 e. The normalized spacial score (nSPS) is 16.8. The molecule has 2 rings (SSSR count). The predicted octanol–water partition coefficient (Wildman–Crippen LogP) is 3.18. The predicted molar refractivity (Wildman–Crippen MR) is 88.7 cm³/mol. The van der Waals surface area contributed by atoms with Gasteiger partial charge in [-0.2, -0.15) is 0 Å². The van der Waals surface area contributed by atoms with E-state index in [1.54, 1.807) is 0 Å². The molecule has 4 nitrogen and oxygen atoms in total. The Morgan fingerprint density at radius 1 is 1.38 bits per heavy atom. The van der Waals surface area contributed by atoms with Crippen LogP contribution in [0.15, 0.2) is 29.3 Å². The summed E-state index contributed by atoms with van der Waals surface area (Å²) >= 11 is 0. The second-order valence-electron chi connectivity index (χ2n) is 5.83. The van der Waals surface area contributed by atoms with Crippen molar-refractivity contribution in [2.45, 2.75) is 39.5 Å². The average Bonchev–Trinajstić information content (AvgIpc) is 3.26. The van der Waals surface area contributed by atoms with Crippen molar-refractivity contribution in [2.24, 2.45) is 16.1 Å². The molecule has 21 heavy (non-hydrogen) atoms. The van der Waals surface area contributed by atoms with Crippen LogP contribution in [-0.4, -0.2) is 25.7 Å². The zero-order chi connectivity index (χ0) is 15.1. The highest BCUT2D eigenvalue weighted by molar-refractivity contribution is 5.92. The van der Waals surface area contributed by atoms with Gasteiger partial charge in [0.15, 0.2) is 5.96 Å². The van der Waals surface area contributed by atoms with Crippen LogP contribution in [0.1, 0.15) is 38.7 Å². The van der Waals surface area contributed by atoms with Gasteiger partial charge in [-0.25, -0.2) is 0 Å². The largest absolute Gasteiger partial charge is 0.382 e. The Morgan fingerprint density at radius 3 is 2.86 bits per heavy atom. The molecule has 0 spiro atoms. The van der Waals surface area contributed by atoms with Crippen molar-refractivity contribution in [3.63, 3.8) is 0 Å². The molecule has 0 aliphatic heterocycles. The van der Waals surface area contributed by atoms with Crippen LogP contribution in [-0.2, 0) is 11.2 Å². The van der Waals surface area contributed by atoms with Gasteiger partial charge in [0, 0.05) is 25.4 Å². The Balaban J connectivity index is 1.83. The molecule has 1 saturated carbocycles. The number of rotatable bonds is 8. The Kier molecular flexibility index (Phi) is 5.62. The Hall–Kier alpha value is -1.55. The third kappa shape index (κ3) is 5.05. The number of nitrogens with one attached hydrogen (secondary N) is 1. The first kappa shape index (κ1) is 15.8. The lowest BCUT2D eigenvalue weighted by Gasteiger charge is -2.13. The first-order chi connectivity index (χ1) is 10.2. The number of aliphatic imine (C=N–C) groups is 1. The van der Waals surface area contributed by atoms with Crippen LogP contribution in [0.4, 0.5) is 5.69 Å². The Bertz CT molecular complexity index is 481. The molecule has 0 saturated heterocycles. The van der Waals surface area contributed by atoms with Crippen molar-refractivity contribution in [2.75, 3.05) is 25.1 Å². The molecule has 4 heteroatoms. The van der Waals surface area contributed by atoms with E-state index >= 15 is 0 Å². The van der Waals surface area contributed by atoms with Crippen LogP contribution < -0.4 is 11.1 Å². The topological polar surface area (TPSA) is 59.6 Å². The van der Waals surface area contributed by atoms with Crippen LogP contribution in [0.5, 0.6) is 0 Å². The minimum absolute atomic E-state index is 0.340. The summed E-state index contributed by atoms with van der Waals surface area (Å²) in [5.74, 6) is 0.505. The van der Waals surface area contributed by atoms with E-state index in [1.807, 2.05) is 19.1 Å². The van der Waals surface area contributed by atoms with Crippen LogP contribution in [0.2, 0.25) is 0 Å². The minimum Gasteiger partial charge on any atom is -0.382 e. The first-order valence-corrected chi connectivity index (χ1v) is 7.91. The summed E-state index contributed by atoms with van der Waals surface area (Å²) in [4.78, 5) is 4.52. The van der Waals surface area contributed by atoms with Crippen molar-refractivity contribution >= 4 is 11.6 Å². The number of nitrogens with two attached hydrogens (primary N) is 1. The van der Waals surface area contributed by atoms with Crippen molar-refractivity contribution in [3.8, 4) is 0 Å². The zero-order valence-corrected chi connectivity index (χ0v) is 13.2. The molecule has 116 valence electrons. The van der Waals surface area contributed by atoms with Gasteiger partial charge in [0.25, 0.3) is 0 Å². The van der Waals surface area contributed by atoms with Crippen LogP contribution in [0, 0.1) is 5.41 Å². The molecule has 1 aromatic rings. The number of guanidine groups is 1. The van der Waals surface area contributed by atoms with Gasteiger partial charge in [-0.15, -0.1) is 0 Å². The summed E-state index contributed by atoms with van der Waals surface area (Å²) in [6, 6.07) is 8.29. The molecule has 0 aromatic heterocycles. The van der Waals surface area contributed by atoms with Crippen LogP contribution in [0.3, 0.4) is 0 Å². The number of ether oxygens (including phenoxy) is 1. The number of nitrogens with zero attached hydrogens (tertiary/aromatic N) is 1. The van der Waals surface area contributed by atoms with E-state index in [9.17, 15) is 0 Å². The van der Waals surface area contributed by atoms with E-state index in [4.69, 9.17) is 10.5 Å². The summed E-state index contributed by atoms with van der Waals surface area (Å²) in [7, 11) is 0. The van der Waals surface area contributed by atoms with E-state index < -0.39 is 0 Å². The van der Waals surface area contributed by atoms with E-state index in [-0.39, 0.29) is 0 Å². The Morgan fingerprint density at radius 2 is 2.19 bits per heavy atom. The van der Waals surface area contributed by atoms with Crippen molar-refractivity contribution in [1.29, 1.82) is 0 Å². The molecule has 1 aliphatic carbocycles. The van der Waals surface area contributed by atoms with Crippen molar-refractivity contribution in [3.05, 3.63) is 29.8 Å². The fourth-order valence-electron chi connectivity index (χ4n) is 2.41. The van der Waals surface area contributed by atoms with Gasteiger partial charge in [0.1, 0.15) is 0 Å². The van der Waals surface area contributed by atoms with Gasteiger partial charge < -0.3 is 15.8 Å². The number of hydrogen-bond donors (Lipinski definition) is 2. The average molecular weight is 289 g/mol. The molecule has 0 heterocycles. The maximum Gasteiger partial charge on any atom is 0.193 e. The van der Waals surface area contributed by atoms with E-state index in [1.165, 1.54) is 18.4 Å². The summed E-state index contributed by atoms with van der Waals surface area (Å²) in [5, 5.41) is 3.18. The van der Waals surface area contributed by atoms with Gasteiger partial charge >= 0.3 is 0 Å². The quantitative estimate of drug-likeness (QED) is 0.439. The maximum atomic E-state index is 5.99. The van der Waals surface area contributed by atoms with Crippen molar-refractivity contribution in [1.82, 2.24) is 0 Å². The minimum atomic E-state index is 0.340. The summed E-state index contributed by atoms with van der Waals surface area (Å²) in [6.07, 6.45) is 4.58. The van der Waals surface area contributed by atoms with Gasteiger partial charge in [-0.05, 0) is 55.7 Å². The lowest BCUT2D eigenvalue weighted by atomic mass is 10.0. The lowest BCUT2D eigenvalue weighted by Crippen LogP contribution is -2.24. The van der Waals surface area contributed by atoms with Crippen LogP contribution in [0.25, 0.3) is 0 Å². The number of hydrogen-bond acceptors (Lipinski definition) is 2. The molecular formula is C17H27N3O. The van der Waals surface area contributed by atoms with Gasteiger partial charge in [-0.3, -0.25) is 4.99 Å². The van der Waals surface area contributed by atoms with E-state index in [2.05, 4.69) is 29.4 Å². The molecule has 1 aromatic carbocycles. The van der Waals surface area contributed by atoms with Crippen LogP contribution >= 0.6 is 0 Å². The highest BCUT2D eigenvalue weighted by Crippen LogP contribution is 2.48. The van der Waals surface area contributed by atoms with Gasteiger partial charge in [0.05, 0.1) is 0 Å². The molecule has 3 N–H and O–H groups in total. The molecule has 0 amide bonds. The monoisotopic (exact) mass is 289 g/mol. The highest BCUT2D eigenvalue weighted by Gasteiger charge is 2.41. The molecule has 1 fully saturated rings. The molecular weight excluding hydrogens is 262 g/mol. The number of anilines is 1. The summed E-state index contributed by atoms with van der Waals surface area (Å²) in [5.41, 5.74) is 8.64. The second kappa shape index (κ2) is 7.46. The first-order valence-electron chi connectivity index (χ1n) is 7.91. The third-order valence-corrected chi connectivity index (χ3v) is 4.13. The molecule has 0 unspecified atom stereocenters. The van der Waals surface area contributed by atoms with Crippen molar-refractivity contribution < 1.29 is 4.74 Å².